The smallest absolute Gasteiger partial charge is 0.323 e. The molecule has 9 heteroatoms. The molecule has 0 unspecified atom stereocenters. The van der Waals surface area contributed by atoms with Gasteiger partial charge in [-0.3, -0.25) is 9.59 Å². The highest BCUT2D eigenvalue weighted by atomic mass is 32.1. The van der Waals surface area contributed by atoms with E-state index in [2.05, 4.69) is 10.6 Å². The van der Waals surface area contributed by atoms with Gasteiger partial charge in [-0.25, -0.2) is 4.79 Å². The molecule has 8 nitrogen and oxygen atoms in total. The summed E-state index contributed by atoms with van der Waals surface area (Å²) in [6.07, 6.45) is 1.39. The number of ether oxygens (including phenoxy) is 1. The minimum atomic E-state index is -0.511. The van der Waals surface area contributed by atoms with Crippen LogP contribution in [0.3, 0.4) is 0 Å². The lowest BCUT2D eigenvalue weighted by Crippen LogP contribution is -2.49. The van der Waals surface area contributed by atoms with Crippen molar-refractivity contribution >= 4 is 34.6 Å². The summed E-state index contributed by atoms with van der Waals surface area (Å²) in [7, 11) is 1.53. The standard InChI is InChI=1S/C25H26N4O4S/c1-33-22-7-3-2-6-19(22)26-25(32)27-20-8-9-21-17-11-16(14-29(21)24(20)31)13-28(15-17)23(30)12-18-5-4-10-34-18/h2-10,16-17H,11-15H2,1H3,(H2,26,27,32)/t16-,17+/m0/s1. The fourth-order valence-electron chi connectivity index (χ4n) is 4.94. The molecule has 0 saturated carbocycles. The molecule has 2 aliphatic rings. The second kappa shape index (κ2) is 9.34. The summed E-state index contributed by atoms with van der Waals surface area (Å²) in [5.74, 6) is 1.00. The molecule has 2 aromatic heterocycles. The summed E-state index contributed by atoms with van der Waals surface area (Å²) < 4.78 is 7.02. The van der Waals surface area contributed by atoms with E-state index in [0.29, 0.717) is 37.5 Å². The van der Waals surface area contributed by atoms with Gasteiger partial charge in [0.05, 0.1) is 19.2 Å². The molecule has 1 saturated heterocycles. The van der Waals surface area contributed by atoms with Crippen molar-refractivity contribution in [1.82, 2.24) is 9.47 Å². The number of fused-ring (bicyclic) bond motifs is 4. The number of rotatable bonds is 5. The van der Waals surface area contributed by atoms with Crippen LogP contribution in [-0.4, -0.2) is 41.6 Å². The summed E-state index contributed by atoms with van der Waals surface area (Å²) in [4.78, 5) is 41.6. The van der Waals surface area contributed by atoms with E-state index in [1.807, 2.05) is 34.5 Å². The van der Waals surface area contributed by atoms with Crippen LogP contribution >= 0.6 is 11.3 Å². The van der Waals surface area contributed by atoms with Gasteiger partial charge in [-0.15, -0.1) is 11.3 Å². The van der Waals surface area contributed by atoms with Gasteiger partial charge in [0.15, 0.2) is 0 Å². The predicted molar refractivity (Wildman–Crippen MR) is 132 cm³/mol. The van der Waals surface area contributed by atoms with Gasteiger partial charge in [0.25, 0.3) is 5.56 Å². The number of thiophene rings is 1. The minimum absolute atomic E-state index is 0.115. The van der Waals surface area contributed by atoms with Crippen LogP contribution in [-0.2, 0) is 17.8 Å². The number of methoxy groups -OCH3 is 1. The van der Waals surface area contributed by atoms with E-state index in [4.69, 9.17) is 4.74 Å². The highest BCUT2D eigenvalue weighted by Crippen LogP contribution is 2.35. The molecule has 34 heavy (non-hydrogen) atoms. The zero-order valence-corrected chi connectivity index (χ0v) is 19.6. The zero-order valence-electron chi connectivity index (χ0n) is 18.8. The number of aromatic nitrogens is 1. The number of urea groups is 1. The number of pyridine rings is 1. The summed E-state index contributed by atoms with van der Waals surface area (Å²) >= 11 is 1.60. The molecule has 2 atom stereocenters. The third-order valence-electron chi connectivity index (χ3n) is 6.47. The minimum Gasteiger partial charge on any atom is -0.495 e. The van der Waals surface area contributed by atoms with E-state index >= 15 is 0 Å². The van der Waals surface area contributed by atoms with Crippen molar-refractivity contribution in [1.29, 1.82) is 0 Å². The number of likely N-dealkylation sites (tertiary alicyclic amines) is 1. The number of nitrogens with one attached hydrogen (secondary N) is 2. The topological polar surface area (TPSA) is 92.7 Å². The number of benzene rings is 1. The number of amides is 3. The van der Waals surface area contributed by atoms with E-state index in [0.717, 1.165) is 17.0 Å². The van der Waals surface area contributed by atoms with Gasteiger partial charge in [-0.1, -0.05) is 18.2 Å². The van der Waals surface area contributed by atoms with E-state index in [9.17, 15) is 14.4 Å². The monoisotopic (exact) mass is 478 g/mol. The third-order valence-corrected chi connectivity index (χ3v) is 7.34. The van der Waals surface area contributed by atoms with Crippen molar-refractivity contribution in [3.8, 4) is 5.75 Å². The highest BCUT2D eigenvalue weighted by Gasteiger charge is 2.36. The fraction of sp³-hybridized carbons (Fsp3) is 0.320. The van der Waals surface area contributed by atoms with Crippen LogP contribution in [0.15, 0.2) is 58.7 Å². The molecule has 1 aromatic carbocycles. The van der Waals surface area contributed by atoms with E-state index in [1.54, 1.807) is 40.2 Å². The number of para-hydroxylation sites is 2. The molecule has 2 aliphatic heterocycles. The van der Waals surface area contributed by atoms with Crippen molar-refractivity contribution in [2.45, 2.75) is 25.3 Å². The molecule has 0 radical (unpaired) electrons. The Kier molecular flexibility index (Phi) is 6.10. The Bertz CT molecular complexity index is 1270. The molecule has 0 aliphatic carbocycles. The number of carbonyl (C=O) groups excluding carboxylic acids is 2. The highest BCUT2D eigenvalue weighted by molar-refractivity contribution is 7.10. The number of hydrogen-bond donors (Lipinski definition) is 2. The van der Waals surface area contributed by atoms with Crippen molar-refractivity contribution in [3.05, 3.63) is 74.8 Å². The molecule has 2 bridgehead atoms. The van der Waals surface area contributed by atoms with Crippen molar-refractivity contribution < 1.29 is 14.3 Å². The van der Waals surface area contributed by atoms with E-state index in [-0.39, 0.29) is 29.0 Å². The van der Waals surface area contributed by atoms with E-state index < -0.39 is 6.03 Å². The van der Waals surface area contributed by atoms with Crippen LogP contribution in [0.5, 0.6) is 5.75 Å². The first-order valence-corrected chi connectivity index (χ1v) is 12.1. The second-order valence-electron chi connectivity index (χ2n) is 8.72. The van der Waals surface area contributed by atoms with Gasteiger partial charge in [-0.2, -0.15) is 0 Å². The molecule has 176 valence electrons. The second-order valence-corrected chi connectivity index (χ2v) is 9.75. The average molecular weight is 479 g/mol. The number of carbonyl (C=O) groups is 2. The average Bonchev–Trinajstić information content (AvgIpc) is 3.34. The van der Waals surface area contributed by atoms with Crippen molar-refractivity contribution in [3.63, 3.8) is 0 Å². The maximum atomic E-state index is 13.2. The van der Waals surface area contributed by atoms with Gasteiger partial charge >= 0.3 is 6.03 Å². The Morgan fingerprint density at radius 1 is 1.03 bits per heavy atom. The molecule has 1 fully saturated rings. The Morgan fingerprint density at radius 2 is 1.85 bits per heavy atom. The van der Waals surface area contributed by atoms with Gasteiger partial charge in [0, 0.05) is 36.1 Å². The lowest BCUT2D eigenvalue weighted by Gasteiger charge is -2.43. The van der Waals surface area contributed by atoms with Gasteiger partial charge in [-0.05, 0) is 48.1 Å². The summed E-state index contributed by atoms with van der Waals surface area (Å²) in [6.45, 7) is 1.80. The Balaban J connectivity index is 1.30. The Morgan fingerprint density at radius 3 is 2.65 bits per heavy atom. The number of hydrogen-bond acceptors (Lipinski definition) is 5. The number of anilines is 2. The largest absolute Gasteiger partial charge is 0.495 e. The maximum absolute atomic E-state index is 13.2. The van der Waals surface area contributed by atoms with Crippen LogP contribution in [0.1, 0.15) is 22.9 Å². The predicted octanol–water partition coefficient (Wildman–Crippen LogP) is 3.75. The van der Waals surface area contributed by atoms with Crippen molar-refractivity contribution in [2.24, 2.45) is 5.92 Å². The molecular weight excluding hydrogens is 452 g/mol. The van der Waals surface area contributed by atoms with Crippen LogP contribution in [0.4, 0.5) is 16.2 Å². The molecular formula is C25H26N4O4S. The van der Waals surface area contributed by atoms with Gasteiger partial charge < -0.3 is 24.8 Å². The van der Waals surface area contributed by atoms with Crippen LogP contribution < -0.4 is 20.9 Å². The molecule has 4 heterocycles. The van der Waals surface area contributed by atoms with Gasteiger partial charge in [0.2, 0.25) is 5.91 Å². The van der Waals surface area contributed by atoms with Crippen LogP contribution in [0, 0.1) is 5.92 Å². The van der Waals surface area contributed by atoms with E-state index in [1.165, 1.54) is 7.11 Å². The van der Waals surface area contributed by atoms with Crippen LogP contribution in [0.2, 0.25) is 0 Å². The Hall–Kier alpha value is -3.59. The molecule has 3 amide bonds. The lowest BCUT2D eigenvalue weighted by molar-refractivity contribution is -0.133. The fourth-order valence-corrected chi connectivity index (χ4v) is 5.64. The number of nitrogens with zero attached hydrogens (tertiary/aromatic N) is 2. The first kappa shape index (κ1) is 22.2. The van der Waals surface area contributed by atoms with Crippen LogP contribution in [0.25, 0.3) is 0 Å². The summed E-state index contributed by atoms with van der Waals surface area (Å²) in [6, 6.07) is 14.1. The number of piperidine rings is 1. The first-order valence-electron chi connectivity index (χ1n) is 11.3. The molecule has 5 rings (SSSR count). The van der Waals surface area contributed by atoms with Crippen molar-refractivity contribution in [2.75, 3.05) is 30.8 Å². The van der Waals surface area contributed by atoms with Gasteiger partial charge in [0.1, 0.15) is 11.4 Å². The quantitative estimate of drug-likeness (QED) is 0.584. The lowest BCUT2D eigenvalue weighted by atomic mass is 9.83. The first-order chi connectivity index (χ1) is 16.5. The SMILES string of the molecule is COc1ccccc1NC(=O)Nc1ccc2n(c1=O)C[C@H]1C[C@@H]2CN(C(=O)Cc2cccs2)C1. The summed E-state index contributed by atoms with van der Waals surface area (Å²) in [5.41, 5.74) is 1.44. The summed E-state index contributed by atoms with van der Waals surface area (Å²) in [5, 5.41) is 7.39. The Labute approximate surface area is 201 Å². The normalized spacial score (nSPS) is 18.7. The molecule has 0 spiro atoms. The third kappa shape index (κ3) is 4.43. The molecule has 2 N–H and O–H groups in total. The maximum Gasteiger partial charge on any atom is 0.323 e. The zero-order chi connectivity index (χ0) is 23.7. The molecule has 3 aromatic rings.